The van der Waals surface area contributed by atoms with Crippen LogP contribution >= 0.6 is 0 Å². The highest BCUT2D eigenvalue weighted by Gasteiger charge is 2.10. The Hall–Kier alpha value is -1.28. The van der Waals surface area contributed by atoms with Gasteiger partial charge in [-0.3, -0.25) is 0 Å². The molecule has 1 rings (SSSR count). The van der Waals surface area contributed by atoms with E-state index in [1.807, 2.05) is 19.2 Å². The van der Waals surface area contributed by atoms with Crippen LogP contribution in [-0.4, -0.2) is 13.2 Å². The van der Waals surface area contributed by atoms with Crippen molar-refractivity contribution in [3.63, 3.8) is 0 Å². The Bertz CT molecular complexity index is 387. The molecule has 2 nitrogen and oxygen atoms in total. The lowest BCUT2D eigenvalue weighted by molar-refractivity contribution is 0.242. The Balaban J connectivity index is 2.53. The van der Waals surface area contributed by atoms with Crippen LogP contribution in [-0.2, 0) is 0 Å². The zero-order chi connectivity index (χ0) is 14.8. The van der Waals surface area contributed by atoms with Gasteiger partial charge >= 0.3 is 0 Å². The maximum atomic E-state index is 5.77. The third-order valence-corrected chi connectivity index (χ3v) is 3.38. The fourth-order valence-corrected chi connectivity index (χ4v) is 2.37. The monoisotopic (exact) mass is 275 g/mol. The van der Waals surface area contributed by atoms with Gasteiger partial charge in [0.15, 0.2) is 0 Å². The second-order valence-electron chi connectivity index (χ2n) is 5.51. The molecule has 0 fully saturated rings. The van der Waals surface area contributed by atoms with Crippen LogP contribution in [0, 0.1) is 0 Å². The number of benzene rings is 1. The van der Waals surface area contributed by atoms with Crippen molar-refractivity contribution in [2.24, 2.45) is 0 Å². The summed E-state index contributed by atoms with van der Waals surface area (Å²) in [4.78, 5) is 0. The summed E-state index contributed by atoms with van der Waals surface area (Å²) in [5.41, 5.74) is 1.31. The lowest BCUT2D eigenvalue weighted by Crippen LogP contribution is -2.16. The number of ether oxygens (including phenoxy) is 1. The van der Waals surface area contributed by atoms with Crippen molar-refractivity contribution in [1.82, 2.24) is 5.32 Å². The molecule has 0 bridgehead atoms. The minimum absolute atomic E-state index is 0.220. The van der Waals surface area contributed by atoms with Gasteiger partial charge in [0, 0.05) is 6.04 Å². The van der Waals surface area contributed by atoms with E-state index >= 15 is 0 Å². The highest BCUT2D eigenvalue weighted by Crippen LogP contribution is 2.24. The van der Waals surface area contributed by atoms with Crippen LogP contribution in [0.4, 0.5) is 0 Å². The van der Waals surface area contributed by atoms with Gasteiger partial charge in [-0.1, -0.05) is 31.1 Å². The summed E-state index contributed by atoms with van der Waals surface area (Å²) >= 11 is 0. The third kappa shape index (κ3) is 6.25. The van der Waals surface area contributed by atoms with Crippen molar-refractivity contribution in [2.75, 3.05) is 7.05 Å². The number of nitrogens with one attached hydrogen (secondary N) is 1. The van der Waals surface area contributed by atoms with Crippen molar-refractivity contribution >= 4 is 0 Å². The first-order chi connectivity index (χ1) is 9.67. The second-order valence-corrected chi connectivity index (χ2v) is 5.51. The molecule has 1 unspecified atom stereocenters. The van der Waals surface area contributed by atoms with E-state index in [9.17, 15) is 0 Å². The topological polar surface area (TPSA) is 21.3 Å². The summed E-state index contributed by atoms with van der Waals surface area (Å²) < 4.78 is 5.77. The first-order valence-corrected chi connectivity index (χ1v) is 7.72. The van der Waals surface area contributed by atoms with Gasteiger partial charge in [-0.05, 0) is 57.9 Å². The van der Waals surface area contributed by atoms with Gasteiger partial charge in [0.25, 0.3) is 0 Å². The molecular formula is C18H29NO. The van der Waals surface area contributed by atoms with Gasteiger partial charge in [-0.2, -0.15) is 0 Å². The highest BCUT2D eigenvalue weighted by atomic mass is 16.5. The Morgan fingerprint density at radius 1 is 1.25 bits per heavy atom. The molecule has 0 aliphatic rings. The zero-order valence-electron chi connectivity index (χ0n) is 13.2. The smallest absolute Gasteiger partial charge is 0.120 e. The second kappa shape index (κ2) is 9.60. The van der Waals surface area contributed by atoms with Gasteiger partial charge in [0.05, 0.1) is 6.10 Å². The Morgan fingerprint density at radius 3 is 2.70 bits per heavy atom. The highest BCUT2D eigenvalue weighted by molar-refractivity contribution is 5.30. The molecule has 1 aromatic carbocycles. The lowest BCUT2D eigenvalue weighted by atomic mass is 10.00. The molecular weight excluding hydrogens is 246 g/mol. The van der Waals surface area contributed by atoms with E-state index in [2.05, 4.69) is 43.9 Å². The fourth-order valence-electron chi connectivity index (χ4n) is 2.37. The van der Waals surface area contributed by atoms with Crippen molar-refractivity contribution < 1.29 is 4.74 Å². The van der Waals surface area contributed by atoms with E-state index in [0.29, 0.717) is 6.04 Å². The number of hydrogen-bond acceptors (Lipinski definition) is 2. The largest absolute Gasteiger partial charge is 0.491 e. The van der Waals surface area contributed by atoms with Gasteiger partial charge in [-0.25, -0.2) is 0 Å². The maximum absolute atomic E-state index is 5.77. The summed E-state index contributed by atoms with van der Waals surface area (Å²) in [7, 11) is 2.03. The first-order valence-electron chi connectivity index (χ1n) is 7.72. The van der Waals surface area contributed by atoms with Crippen LogP contribution in [0.1, 0.15) is 57.6 Å². The molecule has 112 valence electrons. The van der Waals surface area contributed by atoms with E-state index in [1.54, 1.807) is 0 Å². The minimum atomic E-state index is 0.220. The lowest BCUT2D eigenvalue weighted by Gasteiger charge is -2.18. The summed E-state index contributed by atoms with van der Waals surface area (Å²) in [5, 5.41) is 3.41. The van der Waals surface area contributed by atoms with Crippen molar-refractivity contribution in [2.45, 2.75) is 58.1 Å². The maximum Gasteiger partial charge on any atom is 0.120 e. The van der Waals surface area contributed by atoms with Crippen LogP contribution in [0.3, 0.4) is 0 Å². The fraction of sp³-hybridized carbons (Fsp3) is 0.556. The van der Waals surface area contributed by atoms with E-state index < -0.39 is 0 Å². The quantitative estimate of drug-likeness (QED) is 0.486. The molecule has 1 aromatic rings. The molecule has 0 heterocycles. The predicted octanol–water partition coefficient (Wildman–Crippen LogP) is 4.87. The standard InChI is InChI=1S/C18H29NO/c1-5-6-7-8-9-13-18(19-4)16-11-10-12-17(14-16)20-15(2)3/h5,10-12,14-15,18-19H,1,6-9,13H2,2-4H3. The van der Waals surface area contributed by atoms with Crippen molar-refractivity contribution in [3.8, 4) is 5.75 Å². The Kier molecular flexibility index (Phi) is 8.05. The molecule has 0 radical (unpaired) electrons. The molecule has 1 atom stereocenters. The van der Waals surface area contributed by atoms with Crippen LogP contribution in [0.2, 0.25) is 0 Å². The van der Waals surface area contributed by atoms with E-state index in [0.717, 1.165) is 12.2 Å². The minimum Gasteiger partial charge on any atom is -0.491 e. The van der Waals surface area contributed by atoms with Crippen molar-refractivity contribution in [3.05, 3.63) is 42.5 Å². The molecule has 0 aromatic heterocycles. The van der Waals surface area contributed by atoms with E-state index in [-0.39, 0.29) is 6.10 Å². The van der Waals surface area contributed by atoms with Gasteiger partial charge in [0.2, 0.25) is 0 Å². The van der Waals surface area contributed by atoms with Gasteiger partial charge in [-0.15, -0.1) is 6.58 Å². The molecule has 0 aliphatic carbocycles. The zero-order valence-corrected chi connectivity index (χ0v) is 13.2. The summed E-state index contributed by atoms with van der Waals surface area (Å²) in [6.07, 6.45) is 8.28. The normalized spacial score (nSPS) is 12.4. The number of allylic oxidation sites excluding steroid dienone is 1. The van der Waals surface area contributed by atoms with Crippen LogP contribution < -0.4 is 10.1 Å². The van der Waals surface area contributed by atoms with Crippen LogP contribution in [0.15, 0.2) is 36.9 Å². The van der Waals surface area contributed by atoms with Gasteiger partial charge in [0.1, 0.15) is 5.75 Å². The first kappa shape index (κ1) is 16.8. The molecule has 0 aliphatic heterocycles. The van der Waals surface area contributed by atoms with Crippen LogP contribution in [0.25, 0.3) is 0 Å². The Morgan fingerprint density at radius 2 is 2.05 bits per heavy atom. The summed E-state index contributed by atoms with van der Waals surface area (Å²) in [5.74, 6) is 0.962. The average molecular weight is 275 g/mol. The SMILES string of the molecule is C=CCCCCCC(NC)c1cccc(OC(C)C)c1. The summed E-state index contributed by atoms with van der Waals surface area (Å²) in [6, 6.07) is 8.85. The number of rotatable bonds is 10. The molecule has 0 amide bonds. The number of hydrogen-bond donors (Lipinski definition) is 1. The predicted molar refractivity (Wildman–Crippen MR) is 87.3 cm³/mol. The molecule has 0 saturated heterocycles. The van der Waals surface area contributed by atoms with E-state index in [1.165, 1.54) is 31.2 Å². The Labute approximate surface area is 124 Å². The van der Waals surface area contributed by atoms with Crippen molar-refractivity contribution in [1.29, 1.82) is 0 Å². The van der Waals surface area contributed by atoms with E-state index in [4.69, 9.17) is 4.74 Å². The molecule has 0 saturated carbocycles. The molecule has 20 heavy (non-hydrogen) atoms. The number of unbranched alkanes of at least 4 members (excludes halogenated alkanes) is 3. The molecule has 2 heteroatoms. The third-order valence-electron chi connectivity index (χ3n) is 3.38. The summed E-state index contributed by atoms with van der Waals surface area (Å²) in [6.45, 7) is 7.88. The molecule has 0 spiro atoms. The average Bonchev–Trinajstić information content (AvgIpc) is 2.42. The molecule has 1 N–H and O–H groups in total. The van der Waals surface area contributed by atoms with Crippen LogP contribution in [0.5, 0.6) is 5.75 Å². The van der Waals surface area contributed by atoms with Gasteiger partial charge < -0.3 is 10.1 Å².